The summed E-state index contributed by atoms with van der Waals surface area (Å²) in [5.41, 5.74) is 3.09. The first-order chi connectivity index (χ1) is 11.7. The molecular weight excluding hydrogens is 302 g/mol. The number of ether oxygens (including phenoxy) is 2. The van der Waals surface area contributed by atoms with Gasteiger partial charge in [0.2, 0.25) is 5.76 Å². The van der Waals surface area contributed by atoms with Crippen LogP contribution < -0.4 is 14.2 Å². The minimum atomic E-state index is 0.814. The Labute approximate surface area is 141 Å². The molecule has 0 aliphatic heterocycles. The molecule has 0 fully saturated rings. The van der Waals surface area contributed by atoms with E-state index in [9.17, 15) is 0 Å². The molecule has 122 valence electrons. The van der Waals surface area contributed by atoms with Crippen molar-refractivity contribution in [1.82, 2.24) is 0 Å². The quantitative estimate of drug-likeness (QED) is 0.667. The van der Waals surface area contributed by atoms with Gasteiger partial charge in [0, 0.05) is 11.6 Å². The normalized spacial score (nSPS) is 11.0. The van der Waals surface area contributed by atoms with Gasteiger partial charge in [0.05, 0.1) is 20.3 Å². The average Bonchev–Trinajstić information content (AvgIpc) is 3.01. The smallest absolute Gasteiger partial charge is 0.255 e. The van der Waals surface area contributed by atoms with Gasteiger partial charge in [-0.25, -0.2) is 4.52 Å². The second-order valence-electron chi connectivity index (χ2n) is 5.36. The minimum absolute atomic E-state index is 0.814. The van der Waals surface area contributed by atoms with Gasteiger partial charge in [-0.1, -0.05) is 12.1 Å². The molecule has 4 heteroatoms. The van der Waals surface area contributed by atoms with Crippen molar-refractivity contribution in [1.29, 1.82) is 0 Å². The second kappa shape index (κ2) is 7.04. The summed E-state index contributed by atoms with van der Waals surface area (Å²) in [5.74, 6) is 2.49. The standard InChI is InChI=1S/C20H20NO3/c1-21-17(9-4-15-5-10-18(22-2)11-6-15)14-20(24-21)16-7-12-19(23-3)13-8-16/h4-14H,1-3H3/q+1/b9-4+. The number of rotatable bonds is 5. The van der Waals surface area contributed by atoms with Crippen molar-refractivity contribution < 1.29 is 18.7 Å². The Morgan fingerprint density at radius 1 is 0.833 bits per heavy atom. The van der Waals surface area contributed by atoms with Gasteiger partial charge >= 0.3 is 0 Å². The molecule has 2 aromatic carbocycles. The van der Waals surface area contributed by atoms with E-state index in [4.69, 9.17) is 14.0 Å². The van der Waals surface area contributed by atoms with E-state index < -0.39 is 0 Å². The summed E-state index contributed by atoms with van der Waals surface area (Å²) in [5, 5.41) is 0. The summed E-state index contributed by atoms with van der Waals surface area (Å²) in [6.45, 7) is 0. The van der Waals surface area contributed by atoms with Crippen LogP contribution >= 0.6 is 0 Å². The predicted molar refractivity (Wildman–Crippen MR) is 93.8 cm³/mol. The molecular formula is C20H20NO3+. The number of benzene rings is 2. The molecule has 0 saturated heterocycles. The lowest BCUT2D eigenvalue weighted by molar-refractivity contribution is -0.844. The maximum Gasteiger partial charge on any atom is 0.255 e. The molecule has 1 heterocycles. The summed E-state index contributed by atoms with van der Waals surface area (Å²) >= 11 is 0. The highest BCUT2D eigenvalue weighted by Crippen LogP contribution is 2.23. The number of hydrogen-bond acceptors (Lipinski definition) is 3. The Morgan fingerprint density at radius 3 is 2.00 bits per heavy atom. The lowest BCUT2D eigenvalue weighted by Gasteiger charge is -1.98. The summed E-state index contributed by atoms with van der Waals surface area (Å²) in [7, 11) is 5.21. The van der Waals surface area contributed by atoms with Gasteiger partial charge in [-0.2, -0.15) is 0 Å². The SMILES string of the molecule is COc1ccc(/C=C/c2cc(-c3ccc(OC)cc3)o[n+]2C)cc1. The zero-order chi connectivity index (χ0) is 16.9. The summed E-state index contributed by atoms with van der Waals surface area (Å²) < 4.78 is 17.9. The van der Waals surface area contributed by atoms with E-state index in [1.54, 1.807) is 19.0 Å². The molecule has 1 aromatic heterocycles. The molecule has 0 amide bonds. The Balaban J connectivity index is 1.81. The molecule has 4 nitrogen and oxygen atoms in total. The monoisotopic (exact) mass is 322 g/mol. The highest BCUT2D eigenvalue weighted by Gasteiger charge is 2.14. The lowest BCUT2D eigenvalue weighted by Crippen LogP contribution is -2.27. The zero-order valence-electron chi connectivity index (χ0n) is 14.0. The van der Waals surface area contributed by atoms with Gasteiger partial charge in [-0.15, -0.1) is 0 Å². The van der Waals surface area contributed by atoms with Crippen molar-refractivity contribution in [3.63, 3.8) is 0 Å². The average molecular weight is 322 g/mol. The van der Waals surface area contributed by atoms with Crippen LogP contribution in [0.25, 0.3) is 23.5 Å². The molecule has 0 bridgehead atoms. The fourth-order valence-corrected chi connectivity index (χ4v) is 2.39. The van der Waals surface area contributed by atoms with Crippen molar-refractivity contribution in [3.8, 4) is 22.8 Å². The summed E-state index contributed by atoms with van der Waals surface area (Å²) in [4.78, 5) is 0. The highest BCUT2D eigenvalue weighted by molar-refractivity contribution is 5.69. The molecule has 0 saturated carbocycles. The second-order valence-corrected chi connectivity index (χ2v) is 5.36. The molecule has 0 radical (unpaired) electrons. The third-order valence-electron chi connectivity index (χ3n) is 3.81. The predicted octanol–water partition coefficient (Wildman–Crippen LogP) is 3.96. The van der Waals surface area contributed by atoms with Gasteiger partial charge in [-0.05, 0) is 52.8 Å². The summed E-state index contributed by atoms with van der Waals surface area (Å²) in [6, 6.07) is 17.7. The minimum Gasteiger partial charge on any atom is -0.497 e. The third-order valence-corrected chi connectivity index (χ3v) is 3.81. The van der Waals surface area contributed by atoms with Gasteiger partial charge in [0.25, 0.3) is 5.69 Å². The Hall–Kier alpha value is -3.01. The molecule has 0 aliphatic carbocycles. The first kappa shape index (κ1) is 15.9. The zero-order valence-corrected chi connectivity index (χ0v) is 14.0. The van der Waals surface area contributed by atoms with Crippen LogP contribution in [0.1, 0.15) is 11.3 Å². The first-order valence-electron chi connectivity index (χ1n) is 7.66. The number of methoxy groups -OCH3 is 2. The van der Waals surface area contributed by atoms with Crippen molar-refractivity contribution in [2.24, 2.45) is 7.05 Å². The largest absolute Gasteiger partial charge is 0.497 e. The van der Waals surface area contributed by atoms with E-state index in [1.807, 2.05) is 73.8 Å². The number of aromatic nitrogens is 1. The van der Waals surface area contributed by atoms with E-state index >= 15 is 0 Å². The fourth-order valence-electron chi connectivity index (χ4n) is 2.39. The number of aryl methyl sites for hydroxylation is 1. The molecule has 0 N–H and O–H groups in total. The van der Waals surface area contributed by atoms with Crippen molar-refractivity contribution in [3.05, 3.63) is 65.9 Å². The maximum absolute atomic E-state index is 5.80. The van der Waals surface area contributed by atoms with Crippen LogP contribution in [-0.4, -0.2) is 14.2 Å². The van der Waals surface area contributed by atoms with Crippen molar-refractivity contribution in [2.45, 2.75) is 0 Å². The van der Waals surface area contributed by atoms with Crippen LogP contribution in [0.2, 0.25) is 0 Å². The third kappa shape index (κ3) is 3.49. The van der Waals surface area contributed by atoms with E-state index in [1.165, 1.54) is 0 Å². The molecule has 0 unspecified atom stereocenters. The van der Waals surface area contributed by atoms with Crippen molar-refractivity contribution in [2.75, 3.05) is 14.2 Å². The van der Waals surface area contributed by atoms with E-state index in [0.29, 0.717) is 0 Å². The van der Waals surface area contributed by atoms with E-state index in [2.05, 4.69) is 0 Å². The van der Waals surface area contributed by atoms with Crippen LogP contribution in [0, 0.1) is 0 Å². The molecule has 0 spiro atoms. The van der Waals surface area contributed by atoms with Gasteiger partial charge < -0.3 is 9.47 Å². The van der Waals surface area contributed by atoms with Crippen LogP contribution in [-0.2, 0) is 7.05 Å². The molecule has 3 aromatic rings. The van der Waals surface area contributed by atoms with Gasteiger partial charge in [-0.3, -0.25) is 0 Å². The van der Waals surface area contributed by atoms with Gasteiger partial charge in [0.15, 0.2) is 7.05 Å². The number of nitrogens with zero attached hydrogens (tertiary/aromatic N) is 1. The lowest BCUT2D eigenvalue weighted by atomic mass is 10.1. The van der Waals surface area contributed by atoms with Crippen molar-refractivity contribution >= 4 is 12.2 Å². The van der Waals surface area contributed by atoms with Crippen LogP contribution in [0.15, 0.2) is 59.1 Å². The van der Waals surface area contributed by atoms with Crippen LogP contribution in [0.4, 0.5) is 0 Å². The van der Waals surface area contributed by atoms with Crippen LogP contribution in [0.5, 0.6) is 11.5 Å². The fraction of sp³-hybridized carbons (Fsp3) is 0.150. The Kier molecular flexibility index (Phi) is 4.66. The Bertz CT molecular complexity index is 830. The molecule has 3 rings (SSSR count). The Morgan fingerprint density at radius 2 is 1.42 bits per heavy atom. The van der Waals surface area contributed by atoms with Crippen LogP contribution in [0.3, 0.4) is 0 Å². The van der Waals surface area contributed by atoms with E-state index in [-0.39, 0.29) is 0 Å². The van der Waals surface area contributed by atoms with Gasteiger partial charge in [0.1, 0.15) is 11.5 Å². The maximum atomic E-state index is 5.80. The molecule has 0 atom stereocenters. The number of hydrogen-bond donors (Lipinski definition) is 0. The molecule has 0 aliphatic rings. The highest BCUT2D eigenvalue weighted by atomic mass is 16.5. The molecule has 24 heavy (non-hydrogen) atoms. The summed E-state index contributed by atoms with van der Waals surface area (Å²) in [6.07, 6.45) is 4.07. The first-order valence-corrected chi connectivity index (χ1v) is 7.66. The topological polar surface area (TPSA) is 35.5 Å². The van der Waals surface area contributed by atoms with E-state index in [0.717, 1.165) is 34.1 Å².